The zero-order valence-electron chi connectivity index (χ0n) is 25.8. The summed E-state index contributed by atoms with van der Waals surface area (Å²) in [5, 5.41) is 24.3. The maximum absolute atomic E-state index is 13.1. The van der Waals surface area contributed by atoms with Gasteiger partial charge in [0, 0.05) is 24.4 Å². The van der Waals surface area contributed by atoms with E-state index in [9.17, 15) is 29.4 Å². The maximum atomic E-state index is 13.1. The molecular formula is C31H40N2O11. The fraction of sp³-hybridized carbons (Fsp3) is 0.613. The van der Waals surface area contributed by atoms with Gasteiger partial charge in [-0.2, -0.15) is 0 Å². The molecule has 2 heterocycles. The van der Waals surface area contributed by atoms with E-state index < -0.39 is 58.9 Å². The number of hydrogen-bond donors (Lipinski definition) is 3. The molecule has 2 aliphatic carbocycles. The third kappa shape index (κ3) is 5.25. The minimum Gasteiger partial charge on any atom is -0.493 e. The van der Waals surface area contributed by atoms with E-state index in [0.717, 1.165) is 11.1 Å². The number of nitrogens with zero attached hydrogens (tertiary/aromatic N) is 1. The standard InChI is InChI=1S/C31H40N2O11/c1-16(41-28(38)44-29(2,3)4)26(35)32-18(27(36)37)8-10-22(34)42-20-11-12-31(39)21-15-17-7-9-19(40-6)24-23(17)30(31,25(20)43-24)13-14-33(21)5/h7,9,11,16,18,21,25,39H,8,10,12-15H2,1-6H3,(H,32,35)(H,36,37)/t16-,18-,21-,25-,30-,31+/m0/s1. The Morgan fingerprint density at radius 2 is 1.95 bits per heavy atom. The Morgan fingerprint density at radius 1 is 1.23 bits per heavy atom. The lowest BCUT2D eigenvalue weighted by molar-refractivity contribution is -0.169. The lowest BCUT2D eigenvalue weighted by Crippen LogP contribution is -2.74. The van der Waals surface area contributed by atoms with Crippen molar-refractivity contribution in [3.8, 4) is 11.5 Å². The van der Waals surface area contributed by atoms with Crippen LogP contribution in [0.2, 0.25) is 0 Å². The van der Waals surface area contributed by atoms with E-state index in [-0.39, 0.29) is 31.1 Å². The molecular weight excluding hydrogens is 576 g/mol. The highest BCUT2D eigenvalue weighted by molar-refractivity contribution is 5.87. The van der Waals surface area contributed by atoms with Crippen molar-refractivity contribution in [3.05, 3.63) is 35.1 Å². The molecule has 44 heavy (non-hydrogen) atoms. The van der Waals surface area contributed by atoms with Crippen LogP contribution in [-0.4, -0.2) is 95.3 Å². The molecule has 13 nitrogen and oxygen atoms in total. The van der Waals surface area contributed by atoms with Crippen LogP contribution in [0.25, 0.3) is 0 Å². The number of methoxy groups -OCH3 is 1. The number of hydrogen-bond acceptors (Lipinski definition) is 11. The Balaban J connectivity index is 1.28. The third-order valence-corrected chi connectivity index (χ3v) is 9.07. The number of esters is 1. The Labute approximate surface area is 255 Å². The molecule has 1 aromatic carbocycles. The molecule has 0 radical (unpaired) electrons. The molecule has 1 aromatic rings. The van der Waals surface area contributed by atoms with Gasteiger partial charge < -0.3 is 44.1 Å². The number of amides is 1. The number of carbonyl (C=O) groups excluding carboxylic acids is 3. The van der Waals surface area contributed by atoms with Gasteiger partial charge in [0.1, 0.15) is 17.4 Å². The van der Waals surface area contributed by atoms with E-state index in [1.807, 2.05) is 19.2 Å². The summed E-state index contributed by atoms with van der Waals surface area (Å²) in [7, 11) is 3.55. The van der Waals surface area contributed by atoms with Gasteiger partial charge in [-0.1, -0.05) is 6.07 Å². The highest BCUT2D eigenvalue weighted by Crippen LogP contribution is 2.65. The number of likely N-dealkylation sites (tertiary alicyclic amines) is 1. The van der Waals surface area contributed by atoms with Crippen molar-refractivity contribution in [1.29, 1.82) is 0 Å². The highest BCUT2D eigenvalue weighted by Gasteiger charge is 2.72. The second kappa shape index (κ2) is 11.3. The predicted octanol–water partition coefficient (Wildman–Crippen LogP) is 2.21. The molecule has 2 bridgehead atoms. The number of likely N-dealkylation sites (N-methyl/N-ethyl adjacent to an activating group) is 1. The SMILES string of the molecule is COc1ccc2c3c1O[C@H]1C(OC(=O)CC[C@H](NC(=O)[C@H](C)OC(=O)OC(C)(C)C)C(=O)O)=CC[C@@]4(O)[C@H](C2)N(C)CC[C@]314. The molecule has 1 saturated heterocycles. The van der Waals surface area contributed by atoms with Gasteiger partial charge in [0.05, 0.1) is 18.1 Å². The Morgan fingerprint density at radius 3 is 2.61 bits per heavy atom. The lowest BCUT2D eigenvalue weighted by Gasteiger charge is -2.61. The number of nitrogens with one attached hydrogen (secondary N) is 1. The van der Waals surface area contributed by atoms with Crippen molar-refractivity contribution < 1.29 is 53.1 Å². The van der Waals surface area contributed by atoms with E-state index in [0.29, 0.717) is 30.9 Å². The zero-order chi connectivity index (χ0) is 32.2. The molecule has 2 aliphatic heterocycles. The molecule has 240 valence electrons. The number of benzene rings is 1. The van der Waals surface area contributed by atoms with Gasteiger partial charge in [-0.15, -0.1) is 0 Å². The Kier molecular flexibility index (Phi) is 8.08. The van der Waals surface area contributed by atoms with Gasteiger partial charge in [0.2, 0.25) is 0 Å². The average Bonchev–Trinajstić information content (AvgIpc) is 3.29. The van der Waals surface area contributed by atoms with E-state index in [2.05, 4.69) is 10.2 Å². The number of ether oxygens (including phenoxy) is 5. The van der Waals surface area contributed by atoms with Crippen LogP contribution in [0.1, 0.15) is 64.5 Å². The van der Waals surface area contributed by atoms with Crippen molar-refractivity contribution in [2.45, 2.75) is 101 Å². The summed E-state index contributed by atoms with van der Waals surface area (Å²) in [5.41, 5.74) is -0.903. The molecule has 1 fully saturated rings. The highest BCUT2D eigenvalue weighted by atomic mass is 16.7. The molecule has 0 saturated carbocycles. The van der Waals surface area contributed by atoms with Crippen LogP contribution in [0.4, 0.5) is 4.79 Å². The van der Waals surface area contributed by atoms with Crippen molar-refractivity contribution in [1.82, 2.24) is 10.2 Å². The van der Waals surface area contributed by atoms with E-state index in [1.54, 1.807) is 34.0 Å². The second-order valence-corrected chi connectivity index (χ2v) is 12.9. The van der Waals surface area contributed by atoms with Crippen LogP contribution in [0.15, 0.2) is 24.0 Å². The van der Waals surface area contributed by atoms with Crippen LogP contribution < -0.4 is 14.8 Å². The molecule has 1 amide bonds. The number of piperidine rings is 1. The fourth-order valence-corrected chi connectivity index (χ4v) is 7.05. The average molecular weight is 617 g/mol. The molecule has 0 aromatic heterocycles. The molecule has 5 rings (SSSR count). The fourth-order valence-electron chi connectivity index (χ4n) is 7.05. The first-order valence-corrected chi connectivity index (χ1v) is 14.7. The van der Waals surface area contributed by atoms with E-state index >= 15 is 0 Å². The van der Waals surface area contributed by atoms with Gasteiger partial charge in [0.25, 0.3) is 5.91 Å². The van der Waals surface area contributed by atoms with Crippen LogP contribution in [0, 0.1) is 0 Å². The number of aliphatic carboxylic acids is 1. The van der Waals surface area contributed by atoms with Crippen molar-refractivity contribution in [3.63, 3.8) is 0 Å². The molecule has 0 unspecified atom stereocenters. The molecule has 3 N–H and O–H groups in total. The van der Waals surface area contributed by atoms with Gasteiger partial charge in [-0.05, 0) is 78.3 Å². The Hall–Kier alpha value is -3.84. The zero-order valence-corrected chi connectivity index (χ0v) is 25.8. The summed E-state index contributed by atoms with van der Waals surface area (Å²) in [6.07, 6.45) is -0.674. The summed E-state index contributed by atoms with van der Waals surface area (Å²) < 4.78 is 27.8. The van der Waals surface area contributed by atoms with Crippen molar-refractivity contribution >= 4 is 24.0 Å². The van der Waals surface area contributed by atoms with E-state index in [1.165, 1.54) is 6.92 Å². The third-order valence-electron chi connectivity index (χ3n) is 9.07. The smallest absolute Gasteiger partial charge is 0.493 e. The molecule has 6 atom stereocenters. The first kappa shape index (κ1) is 31.6. The summed E-state index contributed by atoms with van der Waals surface area (Å²) in [5.74, 6) is -1.63. The van der Waals surface area contributed by atoms with Crippen molar-refractivity contribution in [2.75, 3.05) is 20.7 Å². The van der Waals surface area contributed by atoms with Gasteiger partial charge in [0.15, 0.2) is 23.7 Å². The van der Waals surface area contributed by atoms with Gasteiger partial charge in [-0.25, -0.2) is 9.59 Å². The summed E-state index contributed by atoms with van der Waals surface area (Å²) in [6, 6.07) is 2.23. The first-order chi connectivity index (χ1) is 20.6. The second-order valence-electron chi connectivity index (χ2n) is 12.9. The van der Waals surface area contributed by atoms with Crippen LogP contribution in [-0.2, 0) is 40.4 Å². The maximum Gasteiger partial charge on any atom is 0.509 e. The van der Waals surface area contributed by atoms with Crippen LogP contribution in [0.5, 0.6) is 11.5 Å². The monoisotopic (exact) mass is 616 g/mol. The number of carboxylic acids is 1. The summed E-state index contributed by atoms with van der Waals surface area (Å²) in [6.45, 7) is 6.88. The summed E-state index contributed by atoms with van der Waals surface area (Å²) >= 11 is 0. The van der Waals surface area contributed by atoms with Gasteiger partial charge in [-0.3, -0.25) is 9.59 Å². The topological polar surface area (TPSA) is 170 Å². The largest absolute Gasteiger partial charge is 0.509 e. The number of carbonyl (C=O) groups is 4. The minimum atomic E-state index is -1.45. The van der Waals surface area contributed by atoms with E-state index in [4.69, 9.17) is 23.7 Å². The predicted molar refractivity (Wildman–Crippen MR) is 153 cm³/mol. The quantitative estimate of drug-likeness (QED) is 0.346. The number of carboxylic acid groups (broad SMARTS) is 1. The summed E-state index contributed by atoms with van der Waals surface area (Å²) in [4.78, 5) is 51.6. The minimum absolute atomic E-state index is 0.163. The normalized spacial score (nSPS) is 27.9. The Bertz CT molecular complexity index is 1400. The van der Waals surface area contributed by atoms with Crippen LogP contribution in [0.3, 0.4) is 0 Å². The first-order valence-electron chi connectivity index (χ1n) is 14.7. The molecule has 13 heteroatoms. The van der Waals surface area contributed by atoms with Crippen molar-refractivity contribution in [2.24, 2.45) is 0 Å². The lowest BCUT2D eigenvalue weighted by atomic mass is 9.50. The molecule has 1 spiro atoms. The number of aliphatic hydroxyl groups is 1. The van der Waals surface area contributed by atoms with Crippen LogP contribution >= 0.6 is 0 Å². The molecule has 4 aliphatic rings. The number of rotatable bonds is 9. The van der Waals surface area contributed by atoms with Gasteiger partial charge >= 0.3 is 18.1 Å².